The molecule has 0 aromatic carbocycles. The number of hydrogen-bond acceptors (Lipinski definition) is 5. The molecule has 0 spiro atoms. The number of sulfone groups is 1. The normalized spacial score (nSPS) is 23.8. The van der Waals surface area contributed by atoms with Gasteiger partial charge in [0.05, 0.1) is 11.9 Å². The molecule has 1 aromatic heterocycles. The fourth-order valence-electron chi connectivity index (χ4n) is 2.95. The molecule has 124 valence electrons. The van der Waals surface area contributed by atoms with E-state index in [1.165, 1.54) is 5.41 Å². The van der Waals surface area contributed by atoms with Crippen molar-refractivity contribution < 1.29 is 17.9 Å². The molecule has 3 heterocycles. The molecule has 0 radical (unpaired) electrons. The van der Waals surface area contributed by atoms with Crippen molar-refractivity contribution in [2.75, 3.05) is 18.8 Å². The highest BCUT2D eigenvalue weighted by Gasteiger charge is 2.28. The molecule has 23 heavy (non-hydrogen) atoms. The van der Waals surface area contributed by atoms with Crippen LogP contribution in [0.5, 0.6) is 5.75 Å². The van der Waals surface area contributed by atoms with E-state index in [1.807, 2.05) is 17.0 Å². The third-order valence-electron chi connectivity index (χ3n) is 4.17. The van der Waals surface area contributed by atoms with Gasteiger partial charge in [0.25, 0.3) is 0 Å². The minimum Gasteiger partial charge on any atom is -0.489 e. The number of amides is 1. The maximum Gasteiger partial charge on any atom is 0.223 e. The van der Waals surface area contributed by atoms with Gasteiger partial charge in [0.15, 0.2) is 9.84 Å². The number of aromatic nitrogens is 1. The summed E-state index contributed by atoms with van der Waals surface area (Å²) in [7, 11) is -3.09. The molecule has 6 nitrogen and oxygen atoms in total. The van der Waals surface area contributed by atoms with Crippen molar-refractivity contribution >= 4 is 15.7 Å². The molecule has 0 unspecified atom stereocenters. The van der Waals surface area contributed by atoms with Gasteiger partial charge >= 0.3 is 0 Å². The summed E-state index contributed by atoms with van der Waals surface area (Å²) >= 11 is 0. The molecule has 1 amide bonds. The van der Waals surface area contributed by atoms with Crippen LogP contribution in [-0.4, -0.2) is 49.2 Å². The number of piperidine rings is 1. The van der Waals surface area contributed by atoms with Gasteiger partial charge in [-0.15, -0.1) is 0 Å². The summed E-state index contributed by atoms with van der Waals surface area (Å²) in [6.07, 6.45) is 6.93. The number of nitrogens with zero attached hydrogens (tertiary/aromatic N) is 2. The van der Waals surface area contributed by atoms with Crippen LogP contribution in [0.15, 0.2) is 36.0 Å². The van der Waals surface area contributed by atoms with Gasteiger partial charge in [0.1, 0.15) is 11.9 Å². The largest absolute Gasteiger partial charge is 0.489 e. The topological polar surface area (TPSA) is 76.6 Å². The maximum atomic E-state index is 12.3. The van der Waals surface area contributed by atoms with Gasteiger partial charge < -0.3 is 9.64 Å². The quantitative estimate of drug-likeness (QED) is 0.831. The lowest BCUT2D eigenvalue weighted by atomic mass is 10.0. The van der Waals surface area contributed by atoms with Crippen LogP contribution in [-0.2, 0) is 14.6 Å². The van der Waals surface area contributed by atoms with Crippen molar-refractivity contribution in [3.8, 4) is 5.75 Å². The molecule has 0 bridgehead atoms. The Kier molecular flexibility index (Phi) is 4.66. The van der Waals surface area contributed by atoms with E-state index >= 15 is 0 Å². The third-order valence-corrected chi connectivity index (χ3v) is 5.64. The van der Waals surface area contributed by atoms with Gasteiger partial charge in [-0.3, -0.25) is 9.78 Å². The maximum absolute atomic E-state index is 12.3. The fourth-order valence-corrected chi connectivity index (χ4v) is 4.35. The first-order chi connectivity index (χ1) is 11.0. The Balaban J connectivity index is 1.45. The van der Waals surface area contributed by atoms with Crippen LogP contribution in [0.2, 0.25) is 0 Å². The zero-order valence-electron chi connectivity index (χ0n) is 12.8. The van der Waals surface area contributed by atoms with Crippen LogP contribution in [0.25, 0.3) is 0 Å². The van der Waals surface area contributed by atoms with Crippen molar-refractivity contribution in [1.29, 1.82) is 0 Å². The molecule has 1 aromatic rings. The Labute approximate surface area is 136 Å². The molecule has 2 aliphatic rings. The number of ether oxygens (including phenoxy) is 1. The van der Waals surface area contributed by atoms with Crippen molar-refractivity contribution in [2.24, 2.45) is 5.92 Å². The van der Waals surface area contributed by atoms with Crippen LogP contribution in [0.4, 0.5) is 0 Å². The summed E-state index contributed by atoms with van der Waals surface area (Å²) in [5.41, 5.74) is 0. The SMILES string of the molecule is O=C(C[C@@H]1C=CS(=O)(=O)C1)N1CCC(Oc2cccnc2)CC1. The van der Waals surface area contributed by atoms with Crippen LogP contribution in [0.1, 0.15) is 19.3 Å². The first-order valence-electron chi connectivity index (χ1n) is 7.77. The standard InChI is InChI=1S/C16H20N2O4S/c19-16(10-13-5-9-23(20,21)12-13)18-7-3-14(4-8-18)22-15-2-1-6-17-11-15/h1-2,5-6,9,11,13-14H,3-4,7-8,10,12H2/t13-/m0/s1. The molecule has 0 aliphatic carbocycles. The van der Waals surface area contributed by atoms with Gasteiger partial charge in [0.2, 0.25) is 5.91 Å². The summed E-state index contributed by atoms with van der Waals surface area (Å²) in [5, 5.41) is 1.22. The summed E-state index contributed by atoms with van der Waals surface area (Å²) in [6, 6.07) is 3.70. The average Bonchev–Trinajstić information content (AvgIpc) is 2.88. The van der Waals surface area contributed by atoms with Crippen molar-refractivity contribution in [1.82, 2.24) is 9.88 Å². The number of carbonyl (C=O) groups is 1. The van der Waals surface area contributed by atoms with Crippen molar-refractivity contribution in [3.05, 3.63) is 36.0 Å². The highest BCUT2D eigenvalue weighted by atomic mass is 32.2. The number of rotatable bonds is 4. The van der Waals surface area contributed by atoms with Crippen LogP contribution in [0, 0.1) is 5.92 Å². The first kappa shape index (κ1) is 16.0. The van der Waals surface area contributed by atoms with Crippen molar-refractivity contribution in [3.63, 3.8) is 0 Å². The lowest BCUT2D eigenvalue weighted by Gasteiger charge is -2.32. The Morgan fingerprint density at radius 1 is 1.35 bits per heavy atom. The zero-order chi connectivity index (χ0) is 16.3. The van der Waals surface area contributed by atoms with Gasteiger partial charge in [0, 0.05) is 49.9 Å². The molecule has 2 aliphatic heterocycles. The lowest BCUT2D eigenvalue weighted by molar-refractivity contribution is -0.133. The molecule has 0 saturated carbocycles. The Hall–Kier alpha value is -1.89. The summed E-state index contributed by atoms with van der Waals surface area (Å²) < 4.78 is 28.6. The zero-order valence-corrected chi connectivity index (χ0v) is 13.6. The first-order valence-corrected chi connectivity index (χ1v) is 9.49. The molecule has 1 atom stereocenters. The van der Waals surface area contributed by atoms with E-state index in [-0.39, 0.29) is 30.1 Å². The Morgan fingerprint density at radius 2 is 2.13 bits per heavy atom. The second-order valence-electron chi connectivity index (χ2n) is 6.01. The highest BCUT2D eigenvalue weighted by Crippen LogP contribution is 2.22. The molecular formula is C16H20N2O4S. The van der Waals surface area contributed by atoms with Gasteiger partial charge in [-0.1, -0.05) is 6.08 Å². The number of likely N-dealkylation sites (tertiary alicyclic amines) is 1. The van der Waals surface area contributed by atoms with E-state index in [9.17, 15) is 13.2 Å². The molecule has 7 heteroatoms. The summed E-state index contributed by atoms with van der Waals surface area (Å²) in [4.78, 5) is 18.1. The minimum absolute atomic E-state index is 0.0246. The second-order valence-corrected chi connectivity index (χ2v) is 7.94. The van der Waals surface area contributed by atoms with Crippen molar-refractivity contribution in [2.45, 2.75) is 25.4 Å². The number of allylic oxidation sites excluding steroid dienone is 1. The van der Waals surface area contributed by atoms with Crippen LogP contribution < -0.4 is 4.74 Å². The van der Waals surface area contributed by atoms with E-state index in [0.717, 1.165) is 18.6 Å². The predicted octanol–water partition coefficient (Wildman–Crippen LogP) is 1.40. The molecule has 1 saturated heterocycles. The van der Waals surface area contributed by atoms with E-state index in [1.54, 1.807) is 18.5 Å². The smallest absolute Gasteiger partial charge is 0.223 e. The third kappa shape index (κ3) is 4.31. The Bertz CT molecular complexity index is 679. The summed E-state index contributed by atoms with van der Waals surface area (Å²) in [5.74, 6) is 0.645. The van der Waals surface area contributed by atoms with E-state index in [2.05, 4.69) is 4.98 Å². The average molecular weight is 336 g/mol. The molecule has 0 N–H and O–H groups in total. The van der Waals surface area contributed by atoms with Crippen LogP contribution in [0.3, 0.4) is 0 Å². The monoisotopic (exact) mass is 336 g/mol. The second kappa shape index (κ2) is 6.70. The summed E-state index contributed by atoms with van der Waals surface area (Å²) in [6.45, 7) is 1.29. The molecular weight excluding hydrogens is 316 g/mol. The minimum atomic E-state index is -3.09. The van der Waals surface area contributed by atoms with Crippen LogP contribution >= 0.6 is 0 Å². The lowest BCUT2D eigenvalue weighted by Crippen LogP contribution is -2.42. The van der Waals surface area contributed by atoms with E-state index in [4.69, 9.17) is 4.74 Å². The molecule has 3 rings (SSSR count). The van der Waals surface area contributed by atoms with Gasteiger partial charge in [-0.25, -0.2) is 8.42 Å². The van der Waals surface area contributed by atoms with E-state index in [0.29, 0.717) is 13.1 Å². The van der Waals surface area contributed by atoms with E-state index < -0.39 is 9.84 Å². The number of hydrogen-bond donors (Lipinski definition) is 0. The highest BCUT2D eigenvalue weighted by molar-refractivity contribution is 7.94. The van der Waals surface area contributed by atoms with Gasteiger partial charge in [-0.05, 0) is 12.1 Å². The number of pyridine rings is 1. The molecule has 1 fully saturated rings. The van der Waals surface area contributed by atoms with Gasteiger partial charge in [-0.2, -0.15) is 0 Å². The fraction of sp³-hybridized carbons (Fsp3) is 0.500. The Morgan fingerprint density at radius 3 is 2.74 bits per heavy atom. The number of carbonyl (C=O) groups excluding carboxylic acids is 1. The predicted molar refractivity (Wildman–Crippen MR) is 85.5 cm³/mol.